The molecule has 0 fully saturated rings. The first-order chi connectivity index (χ1) is 11.8. The molecule has 0 spiro atoms. The van der Waals surface area contributed by atoms with Crippen LogP contribution in [0.1, 0.15) is 75.0 Å². The number of nitrogens with zero attached hydrogens (tertiary/aromatic N) is 1. The van der Waals surface area contributed by atoms with Crippen molar-refractivity contribution in [1.82, 2.24) is 10.3 Å². The Bertz CT molecular complexity index is 692. The average Bonchev–Trinajstić information content (AvgIpc) is 2.54. The van der Waals surface area contributed by atoms with Crippen LogP contribution in [0.3, 0.4) is 0 Å². The predicted octanol–water partition coefficient (Wildman–Crippen LogP) is 5.21. The summed E-state index contributed by atoms with van der Waals surface area (Å²) in [6.45, 7) is 12.7. The lowest BCUT2D eigenvalue weighted by atomic mass is 9.92. The van der Waals surface area contributed by atoms with Crippen LogP contribution in [0.5, 0.6) is 0 Å². The zero-order valence-electron chi connectivity index (χ0n) is 16.1. The maximum absolute atomic E-state index is 12.0. The summed E-state index contributed by atoms with van der Waals surface area (Å²) in [5.41, 5.74) is 5.03. The van der Waals surface area contributed by atoms with Crippen molar-refractivity contribution in [2.75, 3.05) is 5.32 Å². The van der Waals surface area contributed by atoms with Gasteiger partial charge in [-0.2, -0.15) is 0 Å². The zero-order valence-corrected chi connectivity index (χ0v) is 16.1. The van der Waals surface area contributed by atoms with Crippen LogP contribution in [0.4, 0.5) is 11.4 Å². The highest BCUT2D eigenvalue weighted by molar-refractivity contribution is 5.92. The van der Waals surface area contributed by atoms with Crippen LogP contribution in [-0.4, -0.2) is 16.9 Å². The minimum absolute atomic E-state index is 0.0959. The molecule has 1 amide bonds. The fourth-order valence-electron chi connectivity index (χ4n) is 2.78. The summed E-state index contributed by atoms with van der Waals surface area (Å²) in [4.78, 5) is 16.3. The van der Waals surface area contributed by atoms with Crippen molar-refractivity contribution >= 4 is 17.3 Å². The number of para-hydroxylation sites is 1. The molecule has 4 heteroatoms. The Morgan fingerprint density at radius 3 is 1.96 bits per heavy atom. The van der Waals surface area contributed by atoms with E-state index in [0.29, 0.717) is 17.5 Å². The molecule has 0 saturated heterocycles. The largest absolute Gasteiger partial charge is 0.354 e. The van der Waals surface area contributed by atoms with E-state index in [-0.39, 0.29) is 11.9 Å². The minimum atomic E-state index is -0.146. The second kappa shape index (κ2) is 8.15. The minimum Gasteiger partial charge on any atom is -0.354 e. The zero-order chi connectivity index (χ0) is 18.6. The first-order valence-electron chi connectivity index (χ1n) is 8.96. The van der Waals surface area contributed by atoms with Gasteiger partial charge in [0.1, 0.15) is 5.69 Å². The van der Waals surface area contributed by atoms with Crippen LogP contribution in [-0.2, 0) is 0 Å². The van der Waals surface area contributed by atoms with Crippen molar-refractivity contribution in [3.8, 4) is 0 Å². The fraction of sp³-hybridized carbons (Fsp3) is 0.429. The predicted molar refractivity (Wildman–Crippen MR) is 105 cm³/mol. The molecule has 1 aromatic carbocycles. The molecule has 4 nitrogen and oxygen atoms in total. The van der Waals surface area contributed by atoms with Crippen molar-refractivity contribution in [2.24, 2.45) is 0 Å². The number of carbonyl (C=O) groups excluding carboxylic acids is 1. The quantitative estimate of drug-likeness (QED) is 0.759. The van der Waals surface area contributed by atoms with E-state index in [1.54, 1.807) is 12.3 Å². The molecular formula is C21H29N3O. The highest BCUT2D eigenvalue weighted by Crippen LogP contribution is 2.34. The Kier molecular flexibility index (Phi) is 6.18. The topological polar surface area (TPSA) is 54.0 Å². The maximum Gasteiger partial charge on any atom is 0.270 e. The van der Waals surface area contributed by atoms with Gasteiger partial charge in [0.25, 0.3) is 5.91 Å². The van der Waals surface area contributed by atoms with Crippen molar-refractivity contribution in [2.45, 2.75) is 59.4 Å². The van der Waals surface area contributed by atoms with Gasteiger partial charge >= 0.3 is 0 Å². The van der Waals surface area contributed by atoms with Crippen LogP contribution in [0.25, 0.3) is 0 Å². The summed E-state index contributed by atoms with van der Waals surface area (Å²) in [6, 6.07) is 10.2. The lowest BCUT2D eigenvalue weighted by Gasteiger charge is -2.21. The van der Waals surface area contributed by atoms with Gasteiger partial charge < -0.3 is 10.6 Å². The molecule has 134 valence electrons. The van der Waals surface area contributed by atoms with E-state index in [2.05, 4.69) is 61.5 Å². The third-order valence-electron chi connectivity index (χ3n) is 4.06. The molecule has 0 bridgehead atoms. The van der Waals surface area contributed by atoms with Gasteiger partial charge in [-0.1, -0.05) is 45.9 Å². The van der Waals surface area contributed by atoms with Crippen LogP contribution >= 0.6 is 0 Å². The number of aromatic nitrogens is 1. The van der Waals surface area contributed by atoms with E-state index in [1.165, 1.54) is 11.1 Å². The molecule has 2 N–H and O–H groups in total. The van der Waals surface area contributed by atoms with Gasteiger partial charge in [0, 0.05) is 11.7 Å². The van der Waals surface area contributed by atoms with Gasteiger partial charge in [0.2, 0.25) is 0 Å². The molecule has 0 aliphatic heterocycles. The summed E-state index contributed by atoms with van der Waals surface area (Å²) in [6.07, 6.45) is 1.72. The lowest BCUT2D eigenvalue weighted by Crippen LogP contribution is -2.30. The molecule has 0 atom stereocenters. The summed E-state index contributed by atoms with van der Waals surface area (Å²) < 4.78 is 0. The van der Waals surface area contributed by atoms with E-state index >= 15 is 0 Å². The first kappa shape index (κ1) is 19.0. The maximum atomic E-state index is 12.0. The molecule has 0 aliphatic rings. The van der Waals surface area contributed by atoms with Gasteiger partial charge in [-0.05, 0) is 48.9 Å². The van der Waals surface area contributed by atoms with Gasteiger partial charge in [0.15, 0.2) is 0 Å². The Hall–Kier alpha value is -2.36. The van der Waals surface area contributed by atoms with E-state index in [4.69, 9.17) is 0 Å². The van der Waals surface area contributed by atoms with Gasteiger partial charge in [-0.15, -0.1) is 0 Å². The van der Waals surface area contributed by atoms with Crippen LogP contribution in [0.15, 0.2) is 36.5 Å². The number of nitrogens with one attached hydrogen (secondary N) is 2. The number of amides is 1. The molecule has 1 heterocycles. The van der Waals surface area contributed by atoms with Crippen molar-refractivity contribution < 1.29 is 4.79 Å². The Labute approximate surface area is 151 Å². The Morgan fingerprint density at radius 2 is 1.52 bits per heavy atom. The van der Waals surface area contributed by atoms with Crippen LogP contribution < -0.4 is 10.6 Å². The van der Waals surface area contributed by atoms with Crippen LogP contribution in [0.2, 0.25) is 0 Å². The Balaban J connectivity index is 2.29. The van der Waals surface area contributed by atoms with E-state index in [0.717, 1.165) is 11.4 Å². The lowest BCUT2D eigenvalue weighted by molar-refractivity contribution is 0.0938. The molecular weight excluding hydrogens is 310 g/mol. The number of hydrogen-bond acceptors (Lipinski definition) is 3. The third-order valence-corrected chi connectivity index (χ3v) is 4.06. The molecule has 2 rings (SSSR count). The number of carbonyl (C=O) groups is 1. The molecule has 1 aromatic heterocycles. The summed E-state index contributed by atoms with van der Waals surface area (Å²) >= 11 is 0. The molecule has 0 saturated carbocycles. The van der Waals surface area contributed by atoms with Crippen molar-refractivity contribution in [3.05, 3.63) is 53.3 Å². The number of pyridine rings is 1. The first-order valence-corrected chi connectivity index (χ1v) is 8.96. The smallest absolute Gasteiger partial charge is 0.270 e. The number of anilines is 2. The molecule has 2 aromatic rings. The highest BCUT2D eigenvalue weighted by Gasteiger charge is 2.14. The third kappa shape index (κ3) is 4.81. The second-order valence-electron chi connectivity index (χ2n) is 7.31. The monoisotopic (exact) mass is 339 g/mol. The molecule has 0 aliphatic carbocycles. The van der Waals surface area contributed by atoms with Crippen molar-refractivity contribution in [3.63, 3.8) is 0 Å². The number of hydrogen-bond donors (Lipinski definition) is 2. The average molecular weight is 339 g/mol. The summed E-state index contributed by atoms with van der Waals surface area (Å²) in [5, 5.41) is 6.37. The Morgan fingerprint density at radius 1 is 0.920 bits per heavy atom. The highest BCUT2D eigenvalue weighted by atomic mass is 16.1. The van der Waals surface area contributed by atoms with Gasteiger partial charge in [-0.3, -0.25) is 4.79 Å². The second-order valence-corrected chi connectivity index (χ2v) is 7.31. The van der Waals surface area contributed by atoms with E-state index < -0.39 is 0 Å². The van der Waals surface area contributed by atoms with Gasteiger partial charge in [-0.25, -0.2) is 4.98 Å². The van der Waals surface area contributed by atoms with E-state index in [1.807, 2.05) is 19.9 Å². The standard InChI is InChI=1S/C21H29N3O/c1-13(2)17-8-7-9-18(14(3)4)20(17)24-16-10-11-19(22-12-16)21(25)23-15(5)6/h7-15,24H,1-6H3,(H,23,25). The summed E-state index contributed by atoms with van der Waals surface area (Å²) in [7, 11) is 0. The molecule has 25 heavy (non-hydrogen) atoms. The number of benzene rings is 1. The SMILES string of the molecule is CC(C)NC(=O)c1ccc(Nc2c(C(C)C)cccc2C(C)C)cn1. The van der Waals surface area contributed by atoms with Crippen LogP contribution in [0, 0.1) is 0 Å². The normalized spacial score (nSPS) is 11.2. The van der Waals surface area contributed by atoms with Gasteiger partial charge in [0.05, 0.1) is 11.9 Å². The van der Waals surface area contributed by atoms with Crippen molar-refractivity contribution in [1.29, 1.82) is 0 Å². The molecule has 0 unspecified atom stereocenters. The fourth-order valence-corrected chi connectivity index (χ4v) is 2.78. The number of rotatable bonds is 6. The van der Waals surface area contributed by atoms with E-state index in [9.17, 15) is 4.79 Å². The molecule has 0 radical (unpaired) electrons. The summed E-state index contributed by atoms with van der Waals surface area (Å²) in [5.74, 6) is 0.697.